The Morgan fingerprint density at radius 2 is 1.62 bits per heavy atom. The van der Waals surface area contributed by atoms with Gasteiger partial charge in [-0.25, -0.2) is 0 Å². The van der Waals surface area contributed by atoms with Gasteiger partial charge in [0.1, 0.15) is 11.8 Å². The molecule has 0 saturated heterocycles. The number of hydrogen-bond donors (Lipinski definition) is 5. The van der Waals surface area contributed by atoms with E-state index in [0.717, 1.165) is 11.1 Å². The van der Waals surface area contributed by atoms with Gasteiger partial charge in [-0.15, -0.1) is 0 Å². The molecule has 0 heterocycles. The molecule has 7 N–H and O–H groups in total. The van der Waals surface area contributed by atoms with Gasteiger partial charge in [0.2, 0.25) is 17.7 Å². The molecule has 0 fully saturated rings. The van der Waals surface area contributed by atoms with E-state index in [1.165, 1.54) is 6.92 Å². The Morgan fingerprint density at radius 3 is 2.19 bits per heavy atom. The minimum atomic E-state index is -1.12. The van der Waals surface area contributed by atoms with Crippen molar-refractivity contribution in [3.8, 4) is 0 Å². The van der Waals surface area contributed by atoms with Gasteiger partial charge in [0.25, 0.3) is 0 Å². The number of Topliss-reactive ketones (excluding diaryl/α,β-unsaturated/α-hetero) is 2. The van der Waals surface area contributed by atoms with Crippen molar-refractivity contribution >= 4 is 29.3 Å². The summed E-state index contributed by atoms with van der Waals surface area (Å²) in [7, 11) is 0. The maximum atomic E-state index is 12.9. The number of nitrogens with two attached hydrogens (primary N) is 2. The van der Waals surface area contributed by atoms with Crippen LogP contribution in [0.5, 0.6) is 0 Å². The predicted octanol–water partition coefficient (Wildman–Crippen LogP) is 0.702. The number of amides is 3. The van der Waals surface area contributed by atoms with Crippen LogP contribution in [-0.2, 0) is 36.8 Å². The van der Waals surface area contributed by atoms with Crippen molar-refractivity contribution in [2.24, 2.45) is 17.4 Å². The van der Waals surface area contributed by atoms with Gasteiger partial charge in [-0.1, -0.05) is 37.6 Å². The zero-order valence-electron chi connectivity index (χ0n) is 22.0. The number of benzene rings is 1. The highest BCUT2D eigenvalue weighted by atomic mass is 16.3. The molecule has 3 amide bonds. The lowest BCUT2D eigenvalue weighted by Gasteiger charge is -2.20. The Bertz CT molecular complexity index is 903. The number of unbranched alkanes of at least 4 members (excludes halogenated alkanes) is 2. The van der Waals surface area contributed by atoms with Crippen LogP contribution in [0, 0.1) is 5.92 Å². The van der Waals surface area contributed by atoms with E-state index in [-0.39, 0.29) is 42.7 Å². The Morgan fingerprint density at radius 1 is 0.973 bits per heavy atom. The van der Waals surface area contributed by atoms with Gasteiger partial charge in [-0.3, -0.25) is 24.0 Å². The maximum absolute atomic E-state index is 12.9. The van der Waals surface area contributed by atoms with Gasteiger partial charge in [-0.2, -0.15) is 0 Å². The van der Waals surface area contributed by atoms with E-state index in [4.69, 9.17) is 16.6 Å². The summed E-state index contributed by atoms with van der Waals surface area (Å²) in [5, 5.41) is 14.6. The van der Waals surface area contributed by atoms with E-state index in [2.05, 4.69) is 10.6 Å². The van der Waals surface area contributed by atoms with Crippen molar-refractivity contribution < 1.29 is 29.1 Å². The number of nitrogens with one attached hydrogen (secondary N) is 2. The molecule has 0 saturated carbocycles. The first-order valence-corrected chi connectivity index (χ1v) is 12.9. The molecule has 0 aliphatic rings. The molecule has 1 aromatic carbocycles. The van der Waals surface area contributed by atoms with E-state index in [1.54, 1.807) is 0 Å². The Balaban J connectivity index is 2.52. The first-order valence-electron chi connectivity index (χ1n) is 12.9. The largest absolute Gasteiger partial charge is 0.394 e. The van der Waals surface area contributed by atoms with Crippen LogP contribution in [0.4, 0.5) is 0 Å². The van der Waals surface area contributed by atoms with Crippen LogP contribution < -0.4 is 22.1 Å². The number of primary amides is 1. The second-order valence-corrected chi connectivity index (χ2v) is 9.42. The number of hydrogen-bond acceptors (Lipinski definition) is 7. The molecule has 1 aromatic rings. The molecule has 1 rings (SSSR count). The van der Waals surface area contributed by atoms with Crippen molar-refractivity contribution in [1.29, 1.82) is 0 Å². The fourth-order valence-electron chi connectivity index (χ4n) is 3.87. The average molecular weight is 519 g/mol. The highest BCUT2D eigenvalue weighted by molar-refractivity contribution is 5.91. The number of aliphatic hydroxyl groups excluding tert-OH is 1. The molecule has 10 nitrogen and oxygen atoms in total. The summed E-state index contributed by atoms with van der Waals surface area (Å²) in [6, 6.07) is 5.39. The number of carbonyl (C=O) groups excluding carboxylic acids is 5. The molecule has 3 unspecified atom stereocenters. The van der Waals surface area contributed by atoms with Crippen LogP contribution in [0.1, 0.15) is 69.9 Å². The van der Waals surface area contributed by atoms with Gasteiger partial charge >= 0.3 is 0 Å². The van der Waals surface area contributed by atoms with Crippen LogP contribution >= 0.6 is 0 Å². The smallest absolute Gasteiger partial charge is 0.239 e. The minimum Gasteiger partial charge on any atom is -0.394 e. The zero-order valence-corrected chi connectivity index (χ0v) is 22.0. The fourth-order valence-corrected chi connectivity index (χ4v) is 3.87. The van der Waals surface area contributed by atoms with Crippen molar-refractivity contribution in [1.82, 2.24) is 10.6 Å². The lowest BCUT2D eigenvalue weighted by atomic mass is 9.97. The first kappa shape index (κ1) is 31.9. The molecule has 0 bridgehead atoms. The molecule has 10 heteroatoms. The fraction of sp³-hybridized carbons (Fsp3) is 0.593. The summed E-state index contributed by atoms with van der Waals surface area (Å²) in [5.74, 6) is -1.51. The average Bonchev–Trinajstić information content (AvgIpc) is 2.85. The van der Waals surface area contributed by atoms with Gasteiger partial charge < -0.3 is 27.2 Å². The van der Waals surface area contributed by atoms with Crippen LogP contribution in [0.15, 0.2) is 24.3 Å². The third-order valence-electron chi connectivity index (χ3n) is 6.19. The van der Waals surface area contributed by atoms with Crippen LogP contribution in [0.25, 0.3) is 0 Å². The Hall–Kier alpha value is -3.11. The molecular formula is C27H42N4O6. The summed E-state index contributed by atoms with van der Waals surface area (Å²) in [5.41, 5.74) is 12.6. The summed E-state index contributed by atoms with van der Waals surface area (Å²) in [6.07, 6.45) is 4.11. The molecule has 206 valence electrons. The second kappa shape index (κ2) is 17.4. The van der Waals surface area contributed by atoms with Crippen molar-refractivity contribution in [3.63, 3.8) is 0 Å². The van der Waals surface area contributed by atoms with Crippen LogP contribution in [-0.4, -0.2) is 59.6 Å². The van der Waals surface area contributed by atoms with Crippen molar-refractivity contribution in [2.75, 3.05) is 13.2 Å². The number of rotatable bonds is 19. The van der Waals surface area contributed by atoms with E-state index in [1.807, 2.05) is 31.2 Å². The molecule has 0 aliphatic carbocycles. The van der Waals surface area contributed by atoms with E-state index < -0.39 is 30.5 Å². The van der Waals surface area contributed by atoms with Gasteiger partial charge in [0, 0.05) is 31.7 Å². The van der Waals surface area contributed by atoms with E-state index >= 15 is 0 Å². The topological polar surface area (TPSA) is 182 Å². The first-order chi connectivity index (χ1) is 17.6. The number of ketones is 2. The predicted molar refractivity (Wildman–Crippen MR) is 140 cm³/mol. The zero-order chi connectivity index (χ0) is 27.8. The summed E-state index contributed by atoms with van der Waals surface area (Å²) < 4.78 is 0. The van der Waals surface area contributed by atoms with E-state index in [0.29, 0.717) is 45.1 Å². The molecular weight excluding hydrogens is 476 g/mol. The quantitative estimate of drug-likeness (QED) is 0.167. The summed E-state index contributed by atoms with van der Waals surface area (Å²) >= 11 is 0. The highest BCUT2D eigenvalue weighted by Gasteiger charge is 2.23. The molecule has 0 spiro atoms. The third-order valence-corrected chi connectivity index (χ3v) is 6.19. The summed E-state index contributed by atoms with van der Waals surface area (Å²) in [4.78, 5) is 59.6. The van der Waals surface area contributed by atoms with Gasteiger partial charge in [0.05, 0.1) is 12.6 Å². The lowest BCUT2D eigenvalue weighted by molar-refractivity contribution is -0.129. The van der Waals surface area contributed by atoms with Crippen molar-refractivity contribution in [2.45, 2.75) is 83.7 Å². The lowest BCUT2D eigenvalue weighted by Crippen LogP contribution is -2.50. The van der Waals surface area contributed by atoms with Gasteiger partial charge in [0.15, 0.2) is 5.78 Å². The van der Waals surface area contributed by atoms with Gasteiger partial charge in [-0.05, 0) is 50.2 Å². The molecule has 37 heavy (non-hydrogen) atoms. The Labute approximate surface area is 218 Å². The Kier molecular flexibility index (Phi) is 15.0. The third kappa shape index (κ3) is 13.1. The van der Waals surface area contributed by atoms with E-state index in [9.17, 15) is 24.0 Å². The minimum absolute atomic E-state index is 0.0545. The number of aliphatic hydroxyl groups is 1. The summed E-state index contributed by atoms with van der Waals surface area (Å²) in [6.45, 7) is 3.32. The van der Waals surface area contributed by atoms with Crippen LogP contribution in [0.2, 0.25) is 0 Å². The number of carbonyl (C=O) groups is 5. The standard InChI is InChI=1S/C27H42N4O6/c1-3-21(26(29)36)12-13-25(35)30-14-6-4-5-7-24(34)23(31-27(37)22(28)17-32)16-20-10-8-19(9-11-20)15-18(2)33/h8-11,21-23,32H,3-7,12-17,28H2,1-2H3,(H2,29,36)(H,30,35)(H,31,37). The monoisotopic (exact) mass is 518 g/mol. The molecule has 0 aromatic heterocycles. The SMILES string of the molecule is CCC(CCC(=O)NCCCCCC(=O)C(Cc1ccc(CC(C)=O)cc1)NC(=O)C(N)CO)C(N)=O. The molecule has 0 radical (unpaired) electrons. The van der Waals surface area contributed by atoms with Crippen LogP contribution in [0.3, 0.4) is 0 Å². The maximum Gasteiger partial charge on any atom is 0.239 e. The van der Waals surface area contributed by atoms with Crippen molar-refractivity contribution in [3.05, 3.63) is 35.4 Å². The molecule has 0 aliphatic heterocycles. The normalized spacial score (nSPS) is 13.3. The second-order valence-electron chi connectivity index (χ2n) is 9.42. The highest BCUT2D eigenvalue weighted by Crippen LogP contribution is 2.12. The molecule has 3 atom stereocenters.